The summed E-state index contributed by atoms with van der Waals surface area (Å²) in [4.78, 5) is 0. The fraction of sp³-hybridized carbons (Fsp3) is 0.400. The van der Waals surface area contributed by atoms with Crippen LogP contribution >= 0.6 is 22.6 Å². The predicted molar refractivity (Wildman–Crippen MR) is 64.3 cm³/mol. The molecule has 0 unspecified atom stereocenters. The molecule has 0 bridgehead atoms. The minimum atomic E-state index is -0.556. The SMILES string of the molecule is COc1cc([C@@H](N)[C@@H](C)O)ccc1I. The second kappa shape index (κ2) is 4.95. The van der Waals surface area contributed by atoms with E-state index in [2.05, 4.69) is 22.6 Å². The molecular formula is C10H14INO2. The Morgan fingerprint density at radius 2 is 2.14 bits per heavy atom. The molecule has 3 N–H and O–H groups in total. The van der Waals surface area contributed by atoms with Gasteiger partial charge in [0.1, 0.15) is 5.75 Å². The number of benzene rings is 1. The highest BCUT2D eigenvalue weighted by atomic mass is 127. The van der Waals surface area contributed by atoms with Crippen molar-refractivity contribution >= 4 is 22.6 Å². The maximum absolute atomic E-state index is 9.34. The lowest BCUT2D eigenvalue weighted by atomic mass is 10.0. The van der Waals surface area contributed by atoms with Crippen molar-refractivity contribution in [1.29, 1.82) is 0 Å². The number of ether oxygens (including phenoxy) is 1. The van der Waals surface area contributed by atoms with E-state index in [1.807, 2.05) is 18.2 Å². The van der Waals surface area contributed by atoms with E-state index in [0.29, 0.717) is 0 Å². The van der Waals surface area contributed by atoms with Crippen LogP contribution in [0.1, 0.15) is 18.5 Å². The molecule has 1 aromatic rings. The summed E-state index contributed by atoms with van der Waals surface area (Å²) in [5.41, 5.74) is 6.69. The first-order valence-corrected chi connectivity index (χ1v) is 5.41. The highest BCUT2D eigenvalue weighted by Crippen LogP contribution is 2.25. The van der Waals surface area contributed by atoms with Crippen molar-refractivity contribution in [2.75, 3.05) is 7.11 Å². The Balaban J connectivity index is 3.00. The summed E-state index contributed by atoms with van der Waals surface area (Å²) in [7, 11) is 1.62. The Morgan fingerprint density at radius 1 is 1.50 bits per heavy atom. The summed E-state index contributed by atoms with van der Waals surface area (Å²) >= 11 is 2.19. The van der Waals surface area contributed by atoms with Crippen LogP contribution in [0.15, 0.2) is 18.2 Å². The van der Waals surface area contributed by atoms with Crippen molar-refractivity contribution in [2.24, 2.45) is 5.73 Å². The molecule has 0 aliphatic rings. The Kier molecular flexibility index (Phi) is 4.15. The number of hydrogen-bond acceptors (Lipinski definition) is 3. The molecule has 0 aliphatic carbocycles. The van der Waals surface area contributed by atoms with Gasteiger partial charge >= 0.3 is 0 Å². The molecule has 0 heterocycles. The van der Waals surface area contributed by atoms with Gasteiger partial charge in [-0.15, -0.1) is 0 Å². The average molecular weight is 307 g/mol. The quantitative estimate of drug-likeness (QED) is 0.836. The number of methoxy groups -OCH3 is 1. The third-order valence-electron chi connectivity index (χ3n) is 2.08. The molecule has 0 radical (unpaired) electrons. The molecule has 1 aromatic carbocycles. The minimum Gasteiger partial charge on any atom is -0.496 e. The van der Waals surface area contributed by atoms with Crippen LogP contribution in [0.4, 0.5) is 0 Å². The lowest BCUT2D eigenvalue weighted by Gasteiger charge is -2.16. The normalized spacial score (nSPS) is 14.9. The summed E-state index contributed by atoms with van der Waals surface area (Å²) in [6.45, 7) is 1.68. The van der Waals surface area contributed by atoms with Crippen molar-refractivity contribution in [1.82, 2.24) is 0 Å². The number of halogens is 1. The standard InChI is InChI=1S/C10H14INO2/c1-6(13)10(12)7-3-4-8(11)9(5-7)14-2/h3-6,10,13H,12H2,1-2H3/t6-,10+/m1/s1. The van der Waals surface area contributed by atoms with Gasteiger partial charge in [0.2, 0.25) is 0 Å². The first-order chi connectivity index (χ1) is 6.56. The smallest absolute Gasteiger partial charge is 0.132 e. The topological polar surface area (TPSA) is 55.5 Å². The molecule has 4 heteroatoms. The number of hydrogen-bond donors (Lipinski definition) is 2. The molecule has 0 fully saturated rings. The Morgan fingerprint density at radius 3 is 2.64 bits per heavy atom. The van der Waals surface area contributed by atoms with Crippen molar-refractivity contribution in [2.45, 2.75) is 19.1 Å². The fourth-order valence-electron chi connectivity index (χ4n) is 1.16. The molecule has 78 valence electrons. The van der Waals surface area contributed by atoms with Gasteiger partial charge < -0.3 is 15.6 Å². The van der Waals surface area contributed by atoms with Crippen molar-refractivity contribution in [3.63, 3.8) is 0 Å². The van der Waals surface area contributed by atoms with Crippen LogP contribution in [0.5, 0.6) is 5.75 Å². The maximum Gasteiger partial charge on any atom is 0.132 e. The predicted octanol–water partition coefficient (Wildman–Crippen LogP) is 1.68. The Labute approximate surface area is 97.4 Å². The summed E-state index contributed by atoms with van der Waals surface area (Å²) in [5, 5.41) is 9.34. The molecule has 0 aliphatic heterocycles. The van der Waals surface area contributed by atoms with E-state index in [1.165, 1.54) is 0 Å². The average Bonchev–Trinajstić information content (AvgIpc) is 2.17. The van der Waals surface area contributed by atoms with Crippen LogP contribution in [0.2, 0.25) is 0 Å². The molecule has 0 spiro atoms. The highest BCUT2D eigenvalue weighted by molar-refractivity contribution is 14.1. The second-order valence-corrected chi connectivity index (χ2v) is 4.32. The third kappa shape index (κ3) is 2.59. The van der Waals surface area contributed by atoms with E-state index in [4.69, 9.17) is 10.5 Å². The van der Waals surface area contributed by atoms with Crippen LogP contribution in [0, 0.1) is 3.57 Å². The molecule has 2 atom stereocenters. The van der Waals surface area contributed by atoms with E-state index in [1.54, 1.807) is 14.0 Å². The zero-order chi connectivity index (χ0) is 10.7. The Hall–Kier alpha value is -0.330. The van der Waals surface area contributed by atoms with Gasteiger partial charge in [-0.1, -0.05) is 6.07 Å². The van der Waals surface area contributed by atoms with Crippen molar-refractivity contribution in [3.8, 4) is 5.75 Å². The molecular weight excluding hydrogens is 293 g/mol. The van der Waals surface area contributed by atoms with Gasteiger partial charge in [-0.05, 0) is 47.2 Å². The summed E-state index contributed by atoms with van der Waals surface area (Å²) in [5.74, 6) is 0.791. The molecule has 0 amide bonds. The zero-order valence-electron chi connectivity index (χ0n) is 8.20. The lowest BCUT2D eigenvalue weighted by molar-refractivity contribution is 0.164. The number of aliphatic hydroxyl groups excluding tert-OH is 1. The van der Waals surface area contributed by atoms with E-state index in [-0.39, 0.29) is 6.04 Å². The van der Waals surface area contributed by atoms with Crippen LogP contribution in [0.3, 0.4) is 0 Å². The number of rotatable bonds is 3. The van der Waals surface area contributed by atoms with E-state index in [9.17, 15) is 5.11 Å². The number of nitrogens with two attached hydrogens (primary N) is 1. The lowest BCUT2D eigenvalue weighted by Crippen LogP contribution is -2.23. The van der Waals surface area contributed by atoms with Gasteiger partial charge in [0, 0.05) is 0 Å². The van der Waals surface area contributed by atoms with E-state index < -0.39 is 6.10 Å². The van der Waals surface area contributed by atoms with Gasteiger partial charge in [0.15, 0.2) is 0 Å². The third-order valence-corrected chi connectivity index (χ3v) is 2.97. The van der Waals surface area contributed by atoms with Gasteiger partial charge in [-0.25, -0.2) is 0 Å². The molecule has 1 rings (SSSR count). The summed E-state index contributed by atoms with van der Waals surface area (Å²) < 4.78 is 6.20. The first-order valence-electron chi connectivity index (χ1n) is 4.33. The van der Waals surface area contributed by atoms with Crippen LogP contribution in [-0.2, 0) is 0 Å². The highest BCUT2D eigenvalue weighted by Gasteiger charge is 2.13. The van der Waals surface area contributed by atoms with Crippen molar-refractivity contribution in [3.05, 3.63) is 27.3 Å². The van der Waals surface area contributed by atoms with E-state index >= 15 is 0 Å². The monoisotopic (exact) mass is 307 g/mol. The van der Waals surface area contributed by atoms with Crippen molar-refractivity contribution < 1.29 is 9.84 Å². The van der Waals surface area contributed by atoms with Crippen LogP contribution < -0.4 is 10.5 Å². The van der Waals surface area contributed by atoms with E-state index in [0.717, 1.165) is 14.9 Å². The van der Waals surface area contributed by atoms with Gasteiger partial charge in [0.25, 0.3) is 0 Å². The molecule has 0 aromatic heterocycles. The first kappa shape index (κ1) is 11.7. The summed E-state index contributed by atoms with van der Waals surface area (Å²) in [6.07, 6.45) is -0.556. The summed E-state index contributed by atoms with van der Waals surface area (Å²) in [6, 6.07) is 5.33. The van der Waals surface area contributed by atoms with Gasteiger partial charge in [-0.3, -0.25) is 0 Å². The largest absolute Gasteiger partial charge is 0.496 e. The molecule has 0 saturated heterocycles. The number of aliphatic hydroxyl groups is 1. The van der Waals surface area contributed by atoms with Crippen LogP contribution in [-0.4, -0.2) is 18.3 Å². The maximum atomic E-state index is 9.34. The fourth-order valence-corrected chi connectivity index (χ4v) is 1.72. The van der Waals surface area contributed by atoms with Crippen LogP contribution in [0.25, 0.3) is 0 Å². The minimum absolute atomic E-state index is 0.360. The van der Waals surface area contributed by atoms with Gasteiger partial charge in [-0.2, -0.15) is 0 Å². The zero-order valence-corrected chi connectivity index (χ0v) is 10.4. The Bertz CT molecular complexity index is 315. The second-order valence-electron chi connectivity index (χ2n) is 3.16. The molecule has 3 nitrogen and oxygen atoms in total. The molecule has 0 saturated carbocycles. The van der Waals surface area contributed by atoms with Gasteiger partial charge in [0.05, 0.1) is 22.8 Å². The molecule has 14 heavy (non-hydrogen) atoms.